The van der Waals surface area contributed by atoms with Crippen LogP contribution in [0.25, 0.3) is 0 Å². The fourth-order valence-corrected chi connectivity index (χ4v) is 4.12. The van der Waals surface area contributed by atoms with Crippen LogP contribution >= 0.6 is 0 Å². The van der Waals surface area contributed by atoms with Crippen LogP contribution in [-0.2, 0) is 0 Å². The minimum Gasteiger partial charge on any atom is -0.388 e. The number of nitrogens with zero attached hydrogens (tertiary/aromatic N) is 2. The average molecular weight is 431 g/mol. The molecule has 0 radical (unpaired) electrons. The third kappa shape index (κ3) is 4.78. The Morgan fingerprint density at radius 2 is 1.62 bits per heavy atom. The topological polar surface area (TPSA) is 95.7 Å². The standard InChI is InChI=1S/C25H25N3O4/c29-24(18-7-3-1-4-8-18)19-13-15-27(16-14-19)25(30)20-11-12-22(23(17-20)28(31)32)26-21-9-5-2-6-10-21/h1-12,17,19,24,26,29H,13-16H2. The SMILES string of the molecule is O=C(c1ccc(Nc2ccccc2)c([N+](=O)[O-])c1)N1CCC(C(O)c2ccccc2)CC1. The first kappa shape index (κ1) is 21.5. The number of benzene rings is 3. The first-order valence-electron chi connectivity index (χ1n) is 10.7. The van der Waals surface area contributed by atoms with Crippen molar-refractivity contribution < 1.29 is 14.8 Å². The molecule has 3 aromatic rings. The predicted octanol–water partition coefficient (Wildman–Crippen LogP) is 4.92. The molecule has 0 aromatic heterocycles. The summed E-state index contributed by atoms with van der Waals surface area (Å²) < 4.78 is 0. The number of carbonyl (C=O) groups excluding carboxylic acids is 1. The van der Waals surface area contributed by atoms with Crippen LogP contribution in [0.4, 0.5) is 17.1 Å². The van der Waals surface area contributed by atoms with Crippen molar-refractivity contribution in [2.45, 2.75) is 18.9 Å². The first-order valence-corrected chi connectivity index (χ1v) is 10.7. The lowest BCUT2D eigenvalue weighted by Crippen LogP contribution is -2.39. The van der Waals surface area contributed by atoms with E-state index in [1.165, 1.54) is 6.07 Å². The fourth-order valence-electron chi connectivity index (χ4n) is 4.12. The molecule has 1 fully saturated rings. The van der Waals surface area contributed by atoms with Gasteiger partial charge in [0.05, 0.1) is 11.0 Å². The molecule has 0 aliphatic carbocycles. The molecule has 1 atom stereocenters. The van der Waals surface area contributed by atoms with E-state index in [0.717, 1.165) is 11.3 Å². The second kappa shape index (κ2) is 9.62. The van der Waals surface area contributed by atoms with Gasteiger partial charge in [-0.1, -0.05) is 48.5 Å². The van der Waals surface area contributed by atoms with Gasteiger partial charge in [-0.3, -0.25) is 14.9 Å². The van der Waals surface area contributed by atoms with Crippen LogP contribution in [0.1, 0.15) is 34.9 Å². The second-order valence-corrected chi connectivity index (χ2v) is 7.97. The Hall–Kier alpha value is -3.71. The maximum atomic E-state index is 13.0. The third-order valence-corrected chi connectivity index (χ3v) is 5.91. The number of amides is 1. The zero-order valence-corrected chi connectivity index (χ0v) is 17.6. The molecule has 1 aliphatic rings. The van der Waals surface area contributed by atoms with Gasteiger partial charge in [0, 0.05) is 30.4 Å². The minimum absolute atomic E-state index is 0.0771. The van der Waals surface area contributed by atoms with Gasteiger partial charge < -0.3 is 15.3 Å². The molecule has 4 rings (SSSR count). The highest BCUT2D eigenvalue weighted by atomic mass is 16.6. The number of para-hydroxylation sites is 1. The average Bonchev–Trinajstić information content (AvgIpc) is 2.84. The number of aliphatic hydroxyl groups is 1. The number of likely N-dealkylation sites (tertiary alicyclic amines) is 1. The second-order valence-electron chi connectivity index (χ2n) is 7.97. The lowest BCUT2D eigenvalue weighted by atomic mass is 9.87. The quantitative estimate of drug-likeness (QED) is 0.426. The number of nitro benzene ring substituents is 1. The smallest absolute Gasteiger partial charge is 0.293 e. The number of hydrogen-bond acceptors (Lipinski definition) is 5. The van der Waals surface area contributed by atoms with Crippen LogP contribution in [0.3, 0.4) is 0 Å². The maximum absolute atomic E-state index is 13.0. The zero-order valence-electron chi connectivity index (χ0n) is 17.6. The molecule has 1 aliphatic heterocycles. The van der Waals surface area contributed by atoms with E-state index >= 15 is 0 Å². The molecule has 1 heterocycles. The molecule has 164 valence electrons. The normalized spacial score (nSPS) is 15.2. The number of nitrogens with one attached hydrogen (secondary N) is 1. The summed E-state index contributed by atoms with van der Waals surface area (Å²) in [5.41, 5.74) is 2.09. The van der Waals surface area contributed by atoms with E-state index in [9.17, 15) is 20.0 Å². The molecule has 32 heavy (non-hydrogen) atoms. The van der Waals surface area contributed by atoms with Crippen molar-refractivity contribution in [3.8, 4) is 0 Å². The summed E-state index contributed by atoms with van der Waals surface area (Å²) in [6.45, 7) is 1.01. The molecule has 3 aromatic carbocycles. The van der Waals surface area contributed by atoms with E-state index in [4.69, 9.17) is 0 Å². The largest absolute Gasteiger partial charge is 0.388 e. The molecule has 1 unspecified atom stereocenters. The van der Waals surface area contributed by atoms with Crippen molar-refractivity contribution in [1.82, 2.24) is 4.90 Å². The van der Waals surface area contributed by atoms with Crippen LogP contribution in [0.5, 0.6) is 0 Å². The summed E-state index contributed by atoms with van der Waals surface area (Å²) in [6.07, 6.45) is 0.799. The first-order chi connectivity index (χ1) is 15.5. The number of carbonyl (C=O) groups is 1. The van der Waals surface area contributed by atoms with E-state index in [0.29, 0.717) is 31.6 Å². The fraction of sp³-hybridized carbons (Fsp3) is 0.240. The lowest BCUT2D eigenvalue weighted by molar-refractivity contribution is -0.383. The lowest BCUT2D eigenvalue weighted by Gasteiger charge is -2.34. The third-order valence-electron chi connectivity index (χ3n) is 5.91. The van der Waals surface area contributed by atoms with Crippen molar-refractivity contribution >= 4 is 23.0 Å². The van der Waals surface area contributed by atoms with Gasteiger partial charge in [0.15, 0.2) is 0 Å². The van der Waals surface area contributed by atoms with Crippen LogP contribution in [0.2, 0.25) is 0 Å². The van der Waals surface area contributed by atoms with Gasteiger partial charge in [0.25, 0.3) is 11.6 Å². The minimum atomic E-state index is -0.558. The van der Waals surface area contributed by atoms with E-state index in [1.807, 2.05) is 60.7 Å². The molecule has 0 spiro atoms. The summed E-state index contributed by atoms with van der Waals surface area (Å²) in [4.78, 5) is 25.9. The molecule has 7 nitrogen and oxygen atoms in total. The summed E-state index contributed by atoms with van der Waals surface area (Å²) >= 11 is 0. The van der Waals surface area contributed by atoms with Crippen molar-refractivity contribution in [3.05, 3.63) is 100 Å². The number of rotatable bonds is 6. The monoisotopic (exact) mass is 431 g/mol. The van der Waals surface area contributed by atoms with Crippen LogP contribution < -0.4 is 5.32 Å². The number of piperidine rings is 1. The van der Waals surface area contributed by atoms with Crippen molar-refractivity contribution in [2.75, 3.05) is 18.4 Å². The highest BCUT2D eigenvalue weighted by Crippen LogP contribution is 2.32. The zero-order chi connectivity index (χ0) is 22.5. The molecule has 0 saturated carbocycles. The summed E-state index contributed by atoms with van der Waals surface area (Å²) in [6, 6.07) is 23.2. The number of nitro groups is 1. The van der Waals surface area contributed by atoms with E-state index < -0.39 is 11.0 Å². The van der Waals surface area contributed by atoms with Gasteiger partial charge in [-0.05, 0) is 48.6 Å². The molecule has 1 saturated heterocycles. The molecule has 0 bridgehead atoms. The Kier molecular flexibility index (Phi) is 6.47. The molecule has 7 heteroatoms. The molecular formula is C25H25N3O4. The van der Waals surface area contributed by atoms with Crippen molar-refractivity contribution in [3.63, 3.8) is 0 Å². The maximum Gasteiger partial charge on any atom is 0.293 e. The van der Waals surface area contributed by atoms with Gasteiger partial charge >= 0.3 is 0 Å². The predicted molar refractivity (Wildman–Crippen MR) is 123 cm³/mol. The summed E-state index contributed by atoms with van der Waals surface area (Å²) in [5, 5.41) is 25.3. The van der Waals surface area contributed by atoms with E-state index in [1.54, 1.807) is 17.0 Å². The number of aliphatic hydroxyl groups excluding tert-OH is 1. The molecule has 2 N–H and O–H groups in total. The van der Waals surface area contributed by atoms with Crippen LogP contribution in [-0.4, -0.2) is 33.9 Å². The van der Waals surface area contributed by atoms with Crippen LogP contribution in [0, 0.1) is 16.0 Å². The summed E-state index contributed by atoms with van der Waals surface area (Å²) in [7, 11) is 0. The molecular weight excluding hydrogens is 406 g/mol. The van der Waals surface area contributed by atoms with E-state index in [-0.39, 0.29) is 23.1 Å². The Morgan fingerprint density at radius 1 is 1.00 bits per heavy atom. The van der Waals surface area contributed by atoms with Gasteiger partial charge in [-0.2, -0.15) is 0 Å². The van der Waals surface area contributed by atoms with Gasteiger partial charge in [-0.25, -0.2) is 0 Å². The van der Waals surface area contributed by atoms with Gasteiger partial charge in [0.2, 0.25) is 0 Å². The van der Waals surface area contributed by atoms with Crippen molar-refractivity contribution in [1.29, 1.82) is 0 Å². The summed E-state index contributed by atoms with van der Waals surface area (Å²) in [5.74, 6) is -0.153. The highest BCUT2D eigenvalue weighted by molar-refractivity contribution is 5.96. The Bertz CT molecular complexity index is 1080. The van der Waals surface area contributed by atoms with Gasteiger partial charge in [-0.15, -0.1) is 0 Å². The number of hydrogen-bond donors (Lipinski definition) is 2. The Morgan fingerprint density at radius 3 is 2.25 bits per heavy atom. The highest BCUT2D eigenvalue weighted by Gasteiger charge is 2.29. The van der Waals surface area contributed by atoms with Gasteiger partial charge in [0.1, 0.15) is 5.69 Å². The Balaban J connectivity index is 1.44. The molecule has 1 amide bonds. The van der Waals surface area contributed by atoms with Crippen LogP contribution in [0.15, 0.2) is 78.9 Å². The van der Waals surface area contributed by atoms with Crippen molar-refractivity contribution in [2.24, 2.45) is 5.92 Å². The van der Waals surface area contributed by atoms with E-state index in [2.05, 4.69) is 5.32 Å². The Labute approximate surface area is 186 Å². The number of anilines is 2.